The lowest BCUT2D eigenvalue weighted by Crippen LogP contribution is -2.12. The van der Waals surface area contributed by atoms with Gasteiger partial charge >= 0.3 is 5.97 Å². The second-order valence-electron chi connectivity index (χ2n) is 4.09. The quantitative estimate of drug-likeness (QED) is 0.564. The molecule has 0 heterocycles. The average molecular weight is 284 g/mol. The molecule has 0 fully saturated rings. The van der Waals surface area contributed by atoms with Crippen LogP contribution in [0.15, 0.2) is 6.07 Å². The molecule has 0 saturated heterocycles. The summed E-state index contributed by atoms with van der Waals surface area (Å²) in [6, 6.07) is 1.63. The number of esters is 1. The van der Waals surface area contributed by atoms with Gasteiger partial charge in [-0.1, -0.05) is 0 Å². The summed E-state index contributed by atoms with van der Waals surface area (Å²) < 4.78 is 25.4. The van der Waals surface area contributed by atoms with E-state index < -0.39 is 5.97 Å². The molecule has 0 N–H and O–H groups in total. The van der Waals surface area contributed by atoms with Crippen LogP contribution in [0.3, 0.4) is 0 Å². The van der Waals surface area contributed by atoms with Crippen LogP contribution in [-0.2, 0) is 14.2 Å². The molecule has 6 heteroatoms. The van der Waals surface area contributed by atoms with Crippen molar-refractivity contribution in [3.63, 3.8) is 0 Å². The first-order valence-corrected chi connectivity index (χ1v) is 6.02. The Morgan fingerprint density at radius 3 is 2.00 bits per heavy atom. The third-order valence-electron chi connectivity index (χ3n) is 2.87. The van der Waals surface area contributed by atoms with Gasteiger partial charge in [-0.3, -0.25) is 0 Å². The van der Waals surface area contributed by atoms with Gasteiger partial charge in [0.2, 0.25) is 0 Å². The fraction of sp³-hybridized carbons (Fsp3) is 0.500. The van der Waals surface area contributed by atoms with Gasteiger partial charge in [-0.15, -0.1) is 0 Å². The highest BCUT2D eigenvalue weighted by atomic mass is 16.7. The lowest BCUT2D eigenvalue weighted by atomic mass is 10.0. The van der Waals surface area contributed by atoms with Crippen LogP contribution in [0.2, 0.25) is 0 Å². The van der Waals surface area contributed by atoms with Crippen molar-refractivity contribution in [3.05, 3.63) is 22.8 Å². The van der Waals surface area contributed by atoms with E-state index in [0.717, 1.165) is 11.1 Å². The SMILES string of the molecule is COCOc1cc(OCOC)c(C(=O)OC)c(C)c1C. The van der Waals surface area contributed by atoms with Crippen molar-refractivity contribution in [3.8, 4) is 11.5 Å². The van der Waals surface area contributed by atoms with E-state index in [4.69, 9.17) is 23.7 Å². The molecule has 0 saturated carbocycles. The van der Waals surface area contributed by atoms with Gasteiger partial charge in [-0.25, -0.2) is 4.79 Å². The second-order valence-corrected chi connectivity index (χ2v) is 4.09. The Morgan fingerprint density at radius 2 is 1.50 bits per heavy atom. The number of carbonyl (C=O) groups is 1. The molecule has 0 bridgehead atoms. The Labute approximate surface area is 118 Å². The lowest BCUT2D eigenvalue weighted by Gasteiger charge is -2.17. The Morgan fingerprint density at radius 1 is 0.950 bits per heavy atom. The van der Waals surface area contributed by atoms with Crippen LogP contribution in [0.4, 0.5) is 0 Å². The minimum atomic E-state index is -0.463. The molecule has 6 nitrogen and oxygen atoms in total. The molecule has 112 valence electrons. The van der Waals surface area contributed by atoms with Gasteiger partial charge < -0.3 is 23.7 Å². The minimum absolute atomic E-state index is 0.0240. The number of hydrogen-bond acceptors (Lipinski definition) is 6. The van der Waals surface area contributed by atoms with E-state index in [2.05, 4.69) is 0 Å². The highest BCUT2D eigenvalue weighted by Crippen LogP contribution is 2.33. The van der Waals surface area contributed by atoms with Crippen LogP contribution in [0, 0.1) is 13.8 Å². The first-order valence-electron chi connectivity index (χ1n) is 6.02. The van der Waals surface area contributed by atoms with E-state index in [-0.39, 0.29) is 13.6 Å². The molecule has 0 aromatic heterocycles. The zero-order chi connectivity index (χ0) is 15.1. The molecule has 0 aliphatic heterocycles. The number of hydrogen-bond donors (Lipinski definition) is 0. The van der Waals surface area contributed by atoms with Crippen LogP contribution >= 0.6 is 0 Å². The van der Waals surface area contributed by atoms with E-state index in [1.54, 1.807) is 13.0 Å². The summed E-state index contributed by atoms with van der Waals surface area (Å²) in [5, 5.41) is 0. The molecule has 0 aliphatic carbocycles. The van der Waals surface area contributed by atoms with Gasteiger partial charge in [-0.05, 0) is 25.0 Å². The van der Waals surface area contributed by atoms with Crippen molar-refractivity contribution in [2.75, 3.05) is 34.9 Å². The predicted octanol–water partition coefficient (Wildman–Crippen LogP) is 2.06. The van der Waals surface area contributed by atoms with E-state index in [1.807, 2.05) is 6.92 Å². The van der Waals surface area contributed by atoms with Gasteiger partial charge in [0.05, 0.1) is 7.11 Å². The number of benzene rings is 1. The smallest absolute Gasteiger partial charge is 0.341 e. The summed E-state index contributed by atoms with van der Waals surface area (Å²) >= 11 is 0. The van der Waals surface area contributed by atoms with Gasteiger partial charge in [0.1, 0.15) is 17.1 Å². The molecule has 0 unspecified atom stereocenters. The Balaban J connectivity index is 3.27. The first kappa shape index (κ1) is 16.3. The number of rotatable bonds is 7. The summed E-state index contributed by atoms with van der Waals surface area (Å²) in [6.45, 7) is 3.80. The van der Waals surface area contributed by atoms with Crippen LogP contribution in [0.1, 0.15) is 21.5 Å². The van der Waals surface area contributed by atoms with Crippen molar-refractivity contribution in [2.24, 2.45) is 0 Å². The standard InChI is InChI=1S/C14H20O6/c1-9-10(2)13(14(15)18-5)12(20-8-17-4)6-11(9)19-7-16-3/h6H,7-8H2,1-5H3. The Hall–Kier alpha value is -1.79. The van der Waals surface area contributed by atoms with Gasteiger partial charge in [-0.2, -0.15) is 0 Å². The molecule has 0 amide bonds. The third-order valence-corrected chi connectivity index (χ3v) is 2.87. The molecule has 1 aromatic rings. The Bertz CT molecular complexity index is 469. The Kier molecular flexibility index (Phi) is 6.27. The normalized spacial score (nSPS) is 10.2. The lowest BCUT2D eigenvalue weighted by molar-refractivity contribution is 0.0431. The summed E-state index contributed by atoms with van der Waals surface area (Å²) in [4.78, 5) is 11.9. The number of carbonyl (C=O) groups excluding carboxylic acids is 1. The monoisotopic (exact) mass is 284 g/mol. The average Bonchev–Trinajstić information content (AvgIpc) is 2.46. The molecule has 1 aromatic carbocycles. The predicted molar refractivity (Wildman–Crippen MR) is 72.3 cm³/mol. The van der Waals surface area contributed by atoms with E-state index in [0.29, 0.717) is 17.1 Å². The van der Waals surface area contributed by atoms with Gasteiger partial charge in [0.15, 0.2) is 13.6 Å². The van der Waals surface area contributed by atoms with Crippen molar-refractivity contribution < 1.29 is 28.5 Å². The summed E-state index contributed by atoms with van der Waals surface area (Å²) in [7, 11) is 4.36. The second kappa shape index (κ2) is 7.72. The zero-order valence-electron chi connectivity index (χ0n) is 12.4. The molecular weight excluding hydrogens is 264 g/mol. The van der Waals surface area contributed by atoms with Crippen LogP contribution in [-0.4, -0.2) is 40.9 Å². The van der Waals surface area contributed by atoms with Gasteiger partial charge in [0, 0.05) is 20.3 Å². The van der Waals surface area contributed by atoms with Crippen LogP contribution < -0.4 is 9.47 Å². The fourth-order valence-electron chi connectivity index (χ4n) is 1.72. The molecule has 0 spiro atoms. The molecule has 0 aliphatic rings. The third kappa shape index (κ3) is 3.61. The minimum Gasteiger partial charge on any atom is -0.467 e. The maximum absolute atomic E-state index is 11.9. The van der Waals surface area contributed by atoms with Crippen molar-refractivity contribution in [2.45, 2.75) is 13.8 Å². The number of methoxy groups -OCH3 is 3. The zero-order valence-corrected chi connectivity index (χ0v) is 12.4. The van der Waals surface area contributed by atoms with Crippen LogP contribution in [0.25, 0.3) is 0 Å². The van der Waals surface area contributed by atoms with E-state index in [1.165, 1.54) is 21.3 Å². The summed E-state index contributed by atoms with van der Waals surface area (Å²) in [5.74, 6) is 0.478. The maximum Gasteiger partial charge on any atom is 0.341 e. The van der Waals surface area contributed by atoms with Crippen molar-refractivity contribution in [1.82, 2.24) is 0 Å². The molecular formula is C14H20O6. The van der Waals surface area contributed by atoms with Crippen molar-refractivity contribution in [1.29, 1.82) is 0 Å². The molecule has 1 rings (SSSR count). The maximum atomic E-state index is 11.9. The molecule has 20 heavy (non-hydrogen) atoms. The molecule has 0 radical (unpaired) electrons. The summed E-state index contributed by atoms with van der Waals surface area (Å²) in [5.41, 5.74) is 1.93. The van der Waals surface area contributed by atoms with E-state index in [9.17, 15) is 4.79 Å². The number of ether oxygens (including phenoxy) is 5. The fourth-order valence-corrected chi connectivity index (χ4v) is 1.72. The highest BCUT2D eigenvalue weighted by Gasteiger charge is 2.21. The van der Waals surface area contributed by atoms with Crippen LogP contribution in [0.5, 0.6) is 11.5 Å². The highest BCUT2D eigenvalue weighted by molar-refractivity contribution is 5.95. The van der Waals surface area contributed by atoms with E-state index >= 15 is 0 Å². The molecule has 0 atom stereocenters. The first-order chi connectivity index (χ1) is 9.56. The van der Waals surface area contributed by atoms with Crippen molar-refractivity contribution >= 4 is 5.97 Å². The van der Waals surface area contributed by atoms with Gasteiger partial charge in [0.25, 0.3) is 0 Å². The summed E-state index contributed by atoms with van der Waals surface area (Å²) in [6.07, 6.45) is 0. The largest absolute Gasteiger partial charge is 0.467 e. The topological polar surface area (TPSA) is 63.2 Å².